The van der Waals surface area contributed by atoms with Crippen molar-refractivity contribution in [1.82, 2.24) is 4.90 Å². The van der Waals surface area contributed by atoms with Gasteiger partial charge in [0.15, 0.2) is 0 Å². The normalized spacial score (nSPS) is 18.3. The molecule has 1 fully saturated rings. The molecule has 0 radical (unpaired) electrons. The summed E-state index contributed by atoms with van der Waals surface area (Å²) in [6.07, 6.45) is -1.33. The fourth-order valence-electron chi connectivity index (χ4n) is 2.08. The SMILES string of the molecule is CCSC1CC(=O)N1C(O)C(=O)OCc1ccc([N+](=O)[O-])cc1. The maximum Gasteiger partial charge on any atom is 0.356 e. The Morgan fingerprint density at radius 2 is 2.17 bits per heavy atom. The van der Waals surface area contributed by atoms with E-state index < -0.39 is 17.1 Å². The second-order valence-electron chi connectivity index (χ2n) is 4.82. The summed E-state index contributed by atoms with van der Waals surface area (Å²) >= 11 is 1.47. The number of benzene rings is 1. The Labute approximate surface area is 136 Å². The van der Waals surface area contributed by atoms with Crippen LogP contribution in [-0.4, -0.2) is 44.2 Å². The highest BCUT2D eigenvalue weighted by Crippen LogP contribution is 2.31. The lowest BCUT2D eigenvalue weighted by Crippen LogP contribution is -2.58. The molecule has 0 saturated carbocycles. The number of hydrogen-bond donors (Lipinski definition) is 1. The van der Waals surface area contributed by atoms with Crippen LogP contribution in [0.15, 0.2) is 24.3 Å². The maximum absolute atomic E-state index is 11.8. The van der Waals surface area contributed by atoms with Crippen LogP contribution in [0.1, 0.15) is 18.9 Å². The Morgan fingerprint density at radius 3 is 2.70 bits per heavy atom. The first kappa shape index (κ1) is 17.2. The van der Waals surface area contributed by atoms with Crippen molar-refractivity contribution in [3.8, 4) is 0 Å². The summed E-state index contributed by atoms with van der Waals surface area (Å²) in [6.45, 7) is 1.78. The summed E-state index contributed by atoms with van der Waals surface area (Å²) in [5.41, 5.74) is 0.483. The molecule has 9 heteroatoms. The largest absolute Gasteiger partial charge is 0.457 e. The molecule has 124 valence electrons. The highest BCUT2D eigenvalue weighted by Gasteiger charge is 2.43. The molecule has 0 bridgehead atoms. The smallest absolute Gasteiger partial charge is 0.356 e. The molecule has 1 heterocycles. The van der Waals surface area contributed by atoms with Gasteiger partial charge in [-0.1, -0.05) is 6.92 Å². The van der Waals surface area contributed by atoms with Gasteiger partial charge >= 0.3 is 5.97 Å². The summed E-state index contributed by atoms with van der Waals surface area (Å²) in [6, 6.07) is 5.52. The predicted molar refractivity (Wildman–Crippen MR) is 82.3 cm³/mol. The van der Waals surface area contributed by atoms with Crippen molar-refractivity contribution in [3.63, 3.8) is 0 Å². The number of rotatable bonds is 7. The number of nitro benzene ring substituents is 1. The molecular weight excluding hydrogens is 324 g/mol. The molecule has 2 unspecified atom stereocenters. The van der Waals surface area contributed by atoms with Crippen molar-refractivity contribution in [3.05, 3.63) is 39.9 Å². The number of nitro groups is 1. The number of hydrogen-bond acceptors (Lipinski definition) is 7. The van der Waals surface area contributed by atoms with E-state index in [-0.39, 0.29) is 23.6 Å². The molecule has 1 aromatic carbocycles. The van der Waals surface area contributed by atoms with Gasteiger partial charge in [0.1, 0.15) is 6.61 Å². The zero-order chi connectivity index (χ0) is 17.0. The van der Waals surface area contributed by atoms with E-state index in [9.17, 15) is 24.8 Å². The van der Waals surface area contributed by atoms with Crippen LogP contribution in [0.5, 0.6) is 0 Å². The molecule has 1 aromatic rings. The number of amides is 1. The third kappa shape index (κ3) is 3.99. The molecule has 2 atom stereocenters. The molecule has 0 spiro atoms. The lowest BCUT2D eigenvalue weighted by Gasteiger charge is -2.41. The van der Waals surface area contributed by atoms with E-state index in [0.29, 0.717) is 12.0 Å². The van der Waals surface area contributed by atoms with Gasteiger partial charge in [0.2, 0.25) is 12.1 Å². The number of carbonyl (C=O) groups excluding carboxylic acids is 2. The molecule has 1 aliphatic heterocycles. The number of β-lactam (4-membered cyclic amide) rings is 1. The van der Waals surface area contributed by atoms with Crippen LogP contribution in [0.3, 0.4) is 0 Å². The molecule has 1 saturated heterocycles. The van der Waals surface area contributed by atoms with E-state index in [1.807, 2.05) is 6.92 Å². The van der Waals surface area contributed by atoms with Gasteiger partial charge in [-0.3, -0.25) is 19.8 Å². The van der Waals surface area contributed by atoms with Crippen molar-refractivity contribution in [2.24, 2.45) is 0 Å². The van der Waals surface area contributed by atoms with Crippen LogP contribution in [0.25, 0.3) is 0 Å². The first-order valence-electron chi connectivity index (χ1n) is 6.94. The third-order valence-corrected chi connectivity index (χ3v) is 4.42. The predicted octanol–water partition coefficient (Wildman–Crippen LogP) is 1.27. The average molecular weight is 340 g/mol. The number of aliphatic hydroxyl groups is 1. The molecular formula is C14H16N2O6S. The number of nitrogens with zero attached hydrogens (tertiary/aromatic N) is 2. The van der Waals surface area contributed by atoms with Crippen LogP contribution in [0, 0.1) is 10.1 Å². The Kier molecular flexibility index (Phi) is 5.56. The molecule has 8 nitrogen and oxygen atoms in total. The molecule has 0 aromatic heterocycles. The van der Waals surface area contributed by atoms with Gasteiger partial charge < -0.3 is 9.84 Å². The second kappa shape index (κ2) is 7.42. The molecule has 23 heavy (non-hydrogen) atoms. The summed E-state index contributed by atoms with van der Waals surface area (Å²) in [5.74, 6) is -0.451. The van der Waals surface area contributed by atoms with Crippen LogP contribution in [-0.2, 0) is 20.9 Å². The zero-order valence-corrected chi connectivity index (χ0v) is 13.2. The first-order valence-corrected chi connectivity index (χ1v) is 7.99. The minimum absolute atomic E-state index is 0.0641. The van der Waals surface area contributed by atoms with Gasteiger partial charge in [-0.15, -0.1) is 11.8 Å². The van der Waals surface area contributed by atoms with Gasteiger partial charge in [-0.05, 0) is 23.4 Å². The zero-order valence-electron chi connectivity index (χ0n) is 12.4. The van der Waals surface area contributed by atoms with Gasteiger partial charge in [0.25, 0.3) is 5.69 Å². The van der Waals surface area contributed by atoms with Gasteiger partial charge in [0.05, 0.1) is 16.7 Å². The number of aliphatic hydroxyl groups excluding tert-OH is 1. The Hall–Kier alpha value is -2.13. The Balaban J connectivity index is 1.88. The van der Waals surface area contributed by atoms with Crippen molar-refractivity contribution in [2.45, 2.75) is 31.6 Å². The van der Waals surface area contributed by atoms with Crippen molar-refractivity contribution in [2.75, 3.05) is 5.75 Å². The quantitative estimate of drug-likeness (QED) is 0.344. The minimum Gasteiger partial charge on any atom is -0.457 e. The minimum atomic E-state index is -1.63. The molecule has 0 aliphatic carbocycles. The molecule has 1 N–H and O–H groups in total. The maximum atomic E-state index is 11.8. The summed E-state index contributed by atoms with van der Waals surface area (Å²) in [7, 11) is 0. The summed E-state index contributed by atoms with van der Waals surface area (Å²) in [5, 5.41) is 20.3. The van der Waals surface area contributed by atoms with Crippen molar-refractivity contribution >= 4 is 29.3 Å². The summed E-state index contributed by atoms with van der Waals surface area (Å²) in [4.78, 5) is 34.5. The van der Waals surface area contributed by atoms with Crippen LogP contribution < -0.4 is 0 Å². The fraction of sp³-hybridized carbons (Fsp3) is 0.429. The van der Waals surface area contributed by atoms with Gasteiger partial charge in [0, 0.05) is 12.1 Å². The number of thioether (sulfide) groups is 1. The van der Waals surface area contributed by atoms with Crippen molar-refractivity contribution in [1.29, 1.82) is 0 Å². The van der Waals surface area contributed by atoms with Crippen LogP contribution in [0.2, 0.25) is 0 Å². The number of esters is 1. The monoisotopic (exact) mass is 340 g/mol. The van der Waals surface area contributed by atoms with E-state index in [2.05, 4.69) is 0 Å². The Bertz CT molecular complexity index is 606. The van der Waals surface area contributed by atoms with Crippen LogP contribution in [0.4, 0.5) is 5.69 Å². The van der Waals surface area contributed by atoms with E-state index in [4.69, 9.17) is 4.74 Å². The first-order chi connectivity index (χ1) is 10.9. The van der Waals surface area contributed by atoms with E-state index in [1.165, 1.54) is 36.0 Å². The van der Waals surface area contributed by atoms with Gasteiger partial charge in [-0.2, -0.15) is 0 Å². The number of likely N-dealkylation sites (tertiary alicyclic amines) is 1. The van der Waals surface area contributed by atoms with E-state index in [1.54, 1.807) is 0 Å². The summed E-state index contributed by atoms with van der Waals surface area (Å²) < 4.78 is 4.96. The van der Waals surface area contributed by atoms with E-state index >= 15 is 0 Å². The lowest BCUT2D eigenvalue weighted by atomic mass is 10.2. The molecule has 1 amide bonds. The van der Waals surface area contributed by atoms with Crippen LogP contribution >= 0.6 is 11.8 Å². The molecule has 1 aliphatic rings. The lowest BCUT2D eigenvalue weighted by molar-refractivity contribution is -0.384. The molecule has 2 rings (SSSR count). The number of carbonyl (C=O) groups is 2. The van der Waals surface area contributed by atoms with E-state index in [0.717, 1.165) is 10.7 Å². The third-order valence-electron chi connectivity index (χ3n) is 3.31. The standard InChI is InChI=1S/C14H16N2O6S/c1-2-23-12-7-11(17)15(12)13(18)14(19)22-8-9-3-5-10(6-4-9)16(20)21/h3-6,12-13,18H,2,7-8H2,1H3. The number of non-ortho nitro benzene ring substituents is 1. The fourth-order valence-corrected chi connectivity index (χ4v) is 3.12. The number of ether oxygens (including phenoxy) is 1. The topological polar surface area (TPSA) is 110 Å². The van der Waals surface area contributed by atoms with Crippen molar-refractivity contribution < 1.29 is 24.4 Å². The van der Waals surface area contributed by atoms with Gasteiger partial charge in [-0.25, -0.2) is 4.79 Å². The second-order valence-corrected chi connectivity index (χ2v) is 6.27. The Morgan fingerprint density at radius 1 is 1.52 bits per heavy atom. The highest BCUT2D eigenvalue weighted by atomic mass is 32.2. The highest BCUT2D eigenvalue weighted by molar-refractivity contribution is 7.99. The average Bonchev–Trinajstić information content (AvgIpc) is 2.52.